The van der Waals surface area contributed by atoms with Crippen molar-refractivity contribution < 1.29 is 27.2 Å². The first kappa shape index (κ1) is 22.7. The number of nitrogens with one attached hydrogen (secondary N) is 1. The predicted octanol–water partition coefficient (Wildman–Crippen LogP) is 5.72. The maximum Gasteiger partial charge on any atom is 0.389 e. The van der Waals surface area contributed by atoms with E-state index in [1.54, 1.807) is 17.9 Å². The standard InChI is InChI=1S/C22H26F3N3O3/c1-15-16(2)31-27-20(15)26-21(29)28-10-7-17(8-11-28)13-18-5-3-6-19(14-18)30-12-4-9-22(23,24)25/h3,5-6,13-14H,4,7-12H2,1-2H3,(H,26,27,29). The van der Waals surface area contributed by atoms with Gasteiger partial charge in [0.1, 0.15) is 11.5 Å². The fourth-order valence-electron chi connectivity index (χ4n) is 3.25. The summed E-state index contributed by atoms with van der Waals surface area (Å²) in [5.74, 6) is 1.66. The van der Waals surface area contributed by atoms with E-state index in [0.29, 0.717) is 30.4 Å². The molecule has 1 saturated heterocycles. The SMILES string of the molecule is Cc1onc(NC(=O)N2CCC(=Cc3cccc(OCCCC(F)(F)F)c3)CC2)c1C. The number of rotatable bonds is 6. The molecule has 1 aliphatic rings. The highest BCUT2D eigenvalue weighted by atomic mass is 19.4. The van der Waals surface area contributed by atoms with E-state index in [4.69, 9.17) is 9.26 Å². The van der Waals surface area contributed by atoms with Crippen LogP contribution < -0.4 is 10.1 Å². The molecule has 3 rings (SSSR count). The first-order valence-corrected chi connectivity index (χ1v) is 10.2. The van der Waals surface area contributed by atoms with Gasteiger partial charge in [-0.1, -0.05) is 28.9 Å². The third-order valence-corrected chi connectivity index (χ3v) is 5.18. The molecule has 9 heteroatoms. The molecule has 1 aliphatic heterocycles. The molecule has 6 nitrogen and oxygen atoms in total. The minimum atomic E-state index is -4.16. The van der Waals surface area contributed by atoms with E-state index in [-0.39, 0.29) is 19.1 Å². The lowest BCUT2D eigenvalue weighted by molar-refractivity contribution is -0.136. The van der Waals surface area contributed by atoms with E-state index >= 15 is 0 Å². The maximum absolute atomic E-state index is 12.5. The van der Waals surface area contributed by atoms with Gasteiger partial charge in [-0.15, -0.1) is 0 Å². The summed E-state index contributed by atoms with van der Waals surface area (Å²) >= 11 is 0. The highest BCUT2D eigenvalue weighted by Crippen LogP contribution is 2.24. The second-order valence-corrected chi connectivity index (χ2v) is 7.57. The number of carbonyl (C=O) groups is 1. The lowest BCUT2D eigenvalue weighted by Crippen LogP contribution is -2.39. The van der Waals surface area contributed by atoms with Crippen molar-refractivity contribution in [3.8, 4) is 5.75 Å². The van der Waals surface area contributed by atoms with Crippen LogP contribution in [0.15, 0.2) is 34.4 Å². The van der Waals surface area contributed by atoms with E-state index in [2.05, 4.69) is 10.5 Å². The third kappa shape index (κ3) is 6.77. The van der Waals surface area contributed by atoms with Gasteiger partial charge in [-0.05, 0) is 50.8 Å². The Bertz CT molecular complexity index is 928. The lowest BCUT2D eigenvalue weighted by Gasteiger charge is -2.28. The van der Waals surface area contributed by atoms with Crippen molar-refractivity contribution in [2.24, 2.45) is 0 Å². The Morgan fingerprint density at radius 3 is 2.68 bits per heavy atom. The van der Waals surface area contributed by atoms with Crippen molar-refractivity contribution >= 4 is 17.9 Å². The van der Waals surface area contributed by atoms with Crippen molar-refractivity contribution in [1.82, 2.24) is 10.1 Å². The van der Waals surface area contributed by atoms with Crippen LogP contribution in [0.2, 0.25) is 0 Å². The zero-order valence-electron chi connectivity index (χ0n) is 17.6. The van der Waals surface area contributed by atoms with E-state index in [1.807, 2.05) is 31.2 Å². The Hall–Kier alpha value is -2.97. The molecule has 31 heavy (non-hydrogen) atoms. The Morgan fingerprint density at radius 2 is 2.03 bits per heavy atom. The van der Waals surface area contributed by atoms with Crippen molar-refractivity contribution in [1.29, 1.82) is 0 Å². The van der Waals surface area contributed by atoms with Crippen LogP contribution in [0.3, 0.4) is 0 Å². The number of nitrogens with zero attached hydrogens (tertiary/aromatic N) is 2. The second-order valence-electron chi connectivity index (χ2n) is 7.57. The molecular formula is C22H26F3N3O3. The molecule has 0 bridgehead atoms. The molecule has 0 atom stereocenters. The van der Waals surface area contributed by atoms with Gasteiger partial charge in [-0.3, -0.25) is 5.32 Å². The van der Waals surface area contributed by atoms with Crippen LogP contribution in [0.25, 0.3) is 6.08 Å². The molecule has 2 amide bonds. The zero-order valence-corrected chi connectivity index (χ0v) is 17.6. The summed E-state index contributed by atoms with van der Waals surface area (Å²) in [6.45, 7) is 4.82. The number of urea groups is 1. The smallest absolute Gasteiger partial charge is 0.389 e. The van der Waals surface area contributed by atoms with Gasteiger partial charge in [-0.25, -0.2) is 4.79 Å². The average molecular weight is 437 g/mol. The van der Waals surface area contributed by atoms with E-state index in [0.717, 1.165) is 24.0 Å². The topological polar surface area (TPSA) is 67.6 Å². The quantitative estimate of drug-likeness (QED) is 0.587. The van der Waals surface area contributed by atoms with Crippen molar-refractivity contribution in [2.45, 2.75) is 45.7 Å². The average Bonchev–Trinajstić information content (AvgIpc) is 3.03. The second kappa shape index (κ2) is 9.89. The number of benzene rings is 1. The highest BCUT2D eigenvalue weighted by molar-refractivity contribution is 5.89. The largest absolute Gasteiger partial charge is 0.494 e. The summed E-state index contributed by atoms with van der Waals surface area (Å²) < 4.78 is 47.2. The summed E-state index contributed by atoms with van der Waals surface area (Å²) in [7, 11) is 0. The predicted molar refractivity (Wildman–Crippen MR) is 111 cm³/mol. The molecular weight excluding hydrogens is 411 g/mol. The van der Waals surface area contributed by atoms with Gasteiger partial charge in [-0.2, -0.15) is 13.2 Å². The Labute approximate surface area is 179 Å². The molecule has 2 aromatic rings. The molecule has 0 aliphatic carbocycles. The number of hydrogen-bond acceptors (Lipinski definition) is 4. The summed E-state index contributed by atoms with van der Waals surface area (Å²) in [4.78, 5) is 14.2. The van der Waals surface area contributed by atoms with E-state index in [9.17, 15) is 18.0 Å². The van der Waals surface area contributed by atoms with Gasteiger partial charge in [0.2, 0.25) is 0 Å². The fraction of sp³-hybridized carbons (Fsp3) is 0.455. The molecule has 0 radical (unpaired) electrons. The summed E-state index contributed by atoms with van der Waals surface area (Å²) in [6.07, 6.45) is -1.56. The van der Waals surface area contributed by atoms with Crippen LogP contribution in [0, 0.1) is 13.8 Å². The lowest BCUT2D eigenvalue weighted by atomic mass is 10.0. The number of anilines is 1. The van der Waals surface area contributed by atoms with Gasteiger partial charge in [0.05, 0.1) is 6.61 Å². The molecule has 1 N–H and O–H groups in total. The van der Waals surface area contributed by atoms with Gasteiger partial charge in [0.15, 0.2) is 5.82 Å². The molecule has 168 valence electrons. The van der Waals surface area contributed by atoms with Gasteiger partial charge >= 0.3 is 12.2 Å². The van der Waals surface area contributed by atoms with Gasteiger partial charge in [0, 0.05) is 25.1 Å². The van der Waals surface area contributed by atoms with Crippen LogP contribution in [0.1, 0.15) is 42.6 Å². The third-order valence-electron chi connectivity index (χ3n) is 5.18. The number of piperidine rings is 1. The molecule has 1 aromatic carbocycles. The van der Waals surface area contributed by atoms with Gasteiger partial charge in [0.25, 0.3) is 0 Å². The van der Waals surface area contributed by atoms with Gasteiger partial charge < -0.3 is 14.2 Å². The van der Waals surface area contributed by atoms with Crippen LogP contribution in [0.4, 0.5) is 23.8 Å². The summed E-state index contributed by atoms with van der Waals surface area (Å²) in [6, 6.07) is 7.08. The number of halogens is 3. The number of aryl methyl sites for hydroxylation is 1. The Kier molecular flexibility index (Phi) is 7.25. The molecule has 2 heterocycles. The van der Waals surface area contributed by atoms with Crippen molar-refractivity contribution in [2.75, 3.05) is 25.0 Å². The molecule has 0 saturated carbocycles. The number of carbonyl (C=O) groups excluding carboxylic acids is 1. The Balaban J connectivity index is 1.49. The maximum atomic E-state index is 12.5. The fourth-order valence-corrected chi connectivity index (χ4v) is 3.25. The minimum Gasteiger partial charge on any atom is -0.494 e. The van der Waals surface area contributed by atoms with Crippen LogP contribution in [-0.2, 0) is 0 Å². The molecule has 1 fully saturated rings. The normalized spacial score (nSPS) is 14.5. The summed E-state index contributed by atoms with van der Waals surface area (Å²) in [5, 5.41) is 6.64. The zero-order chi connectivity index (χ0) is 22.4. The first-order chi connectivity index (χ1) is 14.7. The number of amides is 2. The van der Waals surface area contributed by atoms with Crippen molar-refractivity contribution in [3.05, 3.63) is 46.7 Å². The molecule has 1 aromatic heterocycles. The molecule has 0 spiro atoms. The highest BCUT2D eigenvalue weighted by Gasteiger charge is 2.26. The van der Waals surface area contributed by atoms with Crippen LogP contribution >= 0.6 is 0 Å². The number of alkyl halides is 3. The summed E-state index contributed by atoms with van der Waals surface area (Å²) in [5.41, 5.74) is 2.94. The van der Waals surface area contributed by atoms with Crippen molar-refractivity contribution in [3.63, 3.8) is 0 Å². The van der Waals surface area contributed by atoms with Crippen LogP contribution in [0.5, 0.6) is 5.75 Å². The monoisotopic (exact) mass is 437 g/mol. The van der Waals surface area contributed by atoms with E-state index < -0.39 is 12.6 Å². The number of hydrogen-bond donors (Lipinski definition) is 1. The number of ether oxygens (including phenoxy) is 1. The Morgan fingerprint density at radius 1 is 1.29 bits per heavy atom. The molecule has 0 unspecified atom stereocenters. The number of aromatic nitrogens is 1. The number of likely N-dealkylation sites (tertiary alicyclic amines) is 1. The van der Waals surface area contributed by atoms with E-state index in [1.165, 1.54) is 5.57 Å². The minimum absolute atomic E-state index is 0.0219. The van der Waals surface area contributed by atoms with Crippen LogP contribution in [-0.4, -0.2) is 42.0 Å². The first-order valence-electron chi connectivity index (χ1n) is 10.2.